The van der Waals surface area contributed by atoms with Crippen LogP contribution in [0, 0.1) is 5.92 Å². The van der Waals surface area contributed by atoms with Gasteiger partial charge in [-0.05, 0) is 20.3 Å². The van der Waals surface area contributed by atoms with Crippen LogP contribution < -0.4 is 5.73 Å². The molecule has 1 fully saturated rings. The average molecular weight is 157 g/mol. The molecule has 1 heterocycles. The number of hydrogen-bond donors (Lipinski definition) is 1. The molecule has 0 saturated carbocycles. The summed E-state index contributed by atoms with van der Waals surface area (Å²) in [6, 6.07) is 0.224. The molecule has 0 aromatic rings. The zero-order chi connectivity index (χ0) is 8.48. The fourth-order valence-electron chi connectivity index (χ4n) is 1.72. The van der Waals surface area contributed by atoms with Crippen LogP contribution in [-0.2, 0) is 4.74 Å². The predicted octanol–water partition coefficient (Wildman–Crippen LogP) is 1.54. The molecule has 0 amide bonds. The Balaban J connectivity index is 2.49. The third kappa shape index (κ3) is 1.74. The van der Waals surface area contributed by atoms with Gasteiger partial charge in [-0.15, -0.1) is 0 Å². The van der Waals surface area contributed by atoms with Gasteiger partial charge >= 0.3 is 0 Å². The van der Waals surface area contributed by atoms with Crippen molar-refractivity contribution in [3.8, 4) is 0 Å². The van der Waals surface area contributed by atoms with Crippen LogP contribution in [0.5, 0.6) is 0 Å². The Kier molecular flexibility index (Phi) is 2.55. The second kappa shape index (κ2) is 3.11. The molecule has 0 radical (unpaired) electrons. The lowest BCUT2D eigenvalue weighted by atomic mass is 9.89. The Hall–Kier alpha value is -0.0800. The van der Waals surface area contributed by atoms with Gasteiger partial charge in [-0.2, -0.15) is 0 Å². The van der Waals surface area contributed by atoms with Crippen LogP contribution in [0.1, 0.15) is 33.6 Å². The zero-order valence-corrected chi connectivity index (χ0v) is 7.76. The lowest BCUT2D eigenvalue weighted by molar-refractivity contribution is 0.0275. The Morgan fingerprint density at radius 1 is 1.55 bits per heavy atom. The molecule has 2 nitrogen and oxygen atoms in total. The van der Waals surface area contributed by atoms with E-state index in [1.54, 1.807) is 0 Å². The summed E-state index contributed by atoms with van der Waals surface area (Å²) in [5.74, 6) is 0.579. The summed E-state index contributed by atoms with van der Waals surface area (Å²) in [7, 11) is 0. The molecule has 1 aliphatic rings. The van der Waals surface area contributed by atoms with E-state index in [0.29, 0.717) is 5.92 Å². The topological polar surface area (TPSA) is 35.2 Å². The second-order valence-electron chi connectivity index (χ2n) is 3.99. The Morgan fingerprint density at radius 3 is 2.55 bits per heavy atom. The molecule has 2 unspecified atom stereocenters. The van der Waals surface area contributed by atoms with Crippen LogP contribution >= 0.6 is 0 Å². The van der Waals surface area contributed by atoms with E-state index in [9.17, 15) is 0 Å². The fraction of sp³-hybridized carbons (Fsp3) is 1.00. The van der Waals surface area contributed by atoms with Crippen molar-refractivity contribution in [2.45, 2.75) is 45.3 Å². The van der Waals surface area contributed by atoms with Gasteiger partial charge in [0.25, 0.3) is 0 Å². The minimum absolute atomic E-state index is 0.0974. The molecule has 0 aromatic heterocycles. The smallest absolute Gasteiger partial charge is 0.0780 e. The summed E-state index contributed by atoms with van der Waals surface area (Å²) in [5, 5.41) is 0. The molecule has 2 heteroatoms. The first-order valence-electron chi connectivity index (χ1n) is 4.47. The van der Waals surface area contributed by atoms with Crippen molar-refractivity contribution in [1.82, 2.24) is 0 Å². The molecular weight excluding hydrogens is 138 g/mol. The standard InChI is InChI=1S/C9H19NO/c1-4-5-7-6-11-9(2,3)8(7)10/h7-8H,4-6,10H2,1-3H3. The van der Waals surface area contributed by atoms with Gasteiger partial charge in [0.1, 0.15) is 0 Å². The molecule has 1 saturated heterocycles. The van der Waals surface area contributed by atoms with Crippen LogP contribution in [0.4, 0.5) is 0 Å². The van der Waals surface area contributed by atoms with E-state index in [1.807, 2.05) is 0 Å². The summed E-state index contributed by atoms with van der Waals surface area (Å²) in [6.07, 6.45) is 2.41. The summed E-state index contributed by atoms with van der Waals surface area (Å²) in [5.41, 5.74) is 5.92. The van der Waals surface area contributed by atoms with Crippen molar-refractivity contribution in [3.05, 3.63) is 0 Å². The van der Waals surface area contributed by atoms with Crippen molar-refractivity contribution < 1.29 is 4.74 Å². The monoisotopic (exact) mass is 157 g/mol. The van der Waals surface area contributed by atoms with Crippen molar-refractivity contribution in [3.63, 3.8) is 0 Å². The summed E-state index contributed by atoms with van der Waals surface area (Å²) in [4.78, 5) is 0. The molecule has 0 bridgehead atoms. The highest BCUT2D eigenvalue weighted by atomic mass is 16.5. The first kappa shape index (κ1) is 9.01. The molecule has 1 aliphatic heterocycles. The SMILES string of the molecule is CCCC1COC(C)(C)C1N. The largest absolute Gasteiger partial charge is 0.374 e. The minimum Gasteiger partial charge on any atom is -0.374 e. The van der Waals surface area contributed by atoms with Gasteiger partial charge in [-0.3, -0.25) is 0 Å². The van der Waals surface area contributed by atoms with E-state index in [0.717, 1.165) is 6.61 Å². The van der Waals surface area contributed by atoms with Gasteiger partial charge < -0.3 is 10.5 Å². The fourth-order valence-corrected chi connectivity index (χ4v) is 1.72. The summed E-state index contributed by atoms with van der Waals surface area (Å²) in [6.45, 7) is 7.20. The maximum absolute atomic E-state index is 6.02. The van der Waals surface area contributed by atoms with Crippen molar-refractivity contribution in [1.29, 1.82) is 0 Å². The number of rotatable bonds is 2. The Bertz CT molecular complexity index is 134. The third-order valence-corrected chi connectivity index (χ3v) is 2.64. The van der Waals surface area contributed by atoms with E-state index in [-0.39, 0.29) is 11.6 Å². The van der Waals surface area contributed by atoms with E-state index in [1.165, 1.54) is 12.8 Å². The number of nitrogens with two attached hydrogens (primary N) is 1. The van der Waals surface area contributed by atoms with Crippen molar-refractivity contribution in [2.75, 3.05) is 6.61 Å². The molecule has 0 spiro atoms. The zero-order valence-electron chi connectivity index (χ0n) is 7.76. The summed E-state index contributed by atoms with van der Waals surface area (Å²) < 4.78 is 5.59. The minimum atomic E-state index is -0.0974. The molecule has 2 N–H and O–H groups in total. The van der Waals surface area contributed by atoms with E-state index in [2.05, 4.69) is 20.8 Å². The van der Waals surface area contributed by atoms with Crippen LogP contribution in [0.15, 0.2) is 0 Å². The molecule has 0 aliphatic carbocycles. The van der Waals surface area contributed by atoms with Gasteiger partial charge in [0.05, 0.1) is 12.2 Å². The average Bonchev–Trinajstić information content (AvgIpc) is 2.17. The first-order valence-corrected chi connectivity index (χ1v) is 4.47. The summed E-state index contributed by atoms with van der Waals surface area (Å²) >= 11 is 0. The second-order valence-corrected chi connectivity index (χ2v) is 3.99. The van der Waals surface area contributed by atoms with E-state index < -0.39 is 0 Å². The van der Waals surface area contributed by atoms with Gasteiger partial charge in [0, 0.05) is 12.0 Å². The predicted molar refractivity (Wildman–Crippen MR) is 46.4 cm³/mol. The molecular formula is C9H19NO. The normalized spacial score (nSPS) is 36.0. The molecule has 11 heavy (non-hydrogen) atoms. The first-order chi connectivity index (χ1) is 5.08. The highest BCUT2D eigenvalue weighted by Gasteiger charge is 2.39. The number of hydrogen-bond acceptors (Lipinski definition) is 2. The number of ether oxygens (including phenoxy) is 1. The van der Waals surface area contributed by atoms with Crippen LogP contribution in [-0.4, -0.2) is 18.2 Å². The van der Waals surface area contributed by atoms with Crippen LogP contribution in [0.25, 0.3) is 0 Å². The molecule has 0 aromatic carbocycles. The Morgan fingerprint density at radius 2 is 2.18 bits per heavy atom. The molecule has 66 valence electrons. The maximum atomic E-state index is 6.02. The van der Waals surface area contributed by atoms with E-state index in [4.69, 9.17) is 10.5 Å². The third-order valence-electron chi connectivity index (χ3n) is 2.64. The van der Waals surface area contributed by atoms with Crippen LogP contribution in [0.2, 0.25) is 0 Å². The quantitative estimate of drug-likeness (QED) is 0.660. The molecule has 2 atom stereocenters. The van der Waals surface area contributed by atoms with Gasteiger partial charge in [-0.25, -0.2) is 0 Å². The molecule has 1 rings (SSSR count). The lowest BCUT2D eigenvalue weighted by Gasteiger charge is -2.24. The van der Waals surface area contributed by atoms with Crippen molar-refractivity contribution in [2.24, 2.45) is 11.7 Å². The lowest BCUT2D eigenvalue weighted by Crippen LogP contribution is -2.42. The highest BCUT2D eigenvalue weighted by molar-refractivity contribution is 4.93. The maximum Gasteiger partial charge on any atom is 0.0780 e. The van der Waals surface area contributed by atoms with Gasteiger partial charge in [-0.1, -0.05) is 13.3 Å². The van der Waals surface area contributed by atoms with Crippen molar-refractivity contribution >= 4 is 0 Å². The highest BCUT2D eigenvalue weighted by Crippen LogP contribution is 2.30. The van der Waals surface area contributed by atoms with Gasteiger partial charge in [0.2, 0.25) is 0 Å². The van der Waals surface area contributed by atoms with Crippen LogP contribution in [0.3, 0.4) is 0 Å². The Labute approximate surface area is 69.1 Å². The van der Waals surface area contributed by atoms with Gasteiger partial charge in [0.15, 0.2) is 0 Å². The van der Waals surface area contributed by atoms with E-state index >= 15 is 0 Å².